The van der Waals surface area contributed by atoms with E-state index in [9.17, 15) is 0 Å². The van der Waals surface area contributed by atoms with Crippen LogP contribution in [0.25, 0.3) is 0 Å². The minimum atomic E-state index is -0.357. The van der Waals surface area contributed by atoms with E-state index in [1.807, 2.05) is 0 Å². The van der Waals surface area contributed by atoms with Crippen LogP contribution in [-0.4, -0.2) is 10.1 Å². The van der Waals surface area contributed by atoms with Gasteiger partial charge in [0.1, 0.15) is 0 Å². The fourth-order valence-corrected chi connectivity index (χ4v) is 2.26. The molecule has 2 N–H and O–H groups in total. The third-order valence-electron chi connectivity index (χ3n) is 4.08. The van der Waals surface area contributed by atoms with Crippen LogP contribution in [0, 0.1) is 0 Å². The fourth-order valence-electron chi connectivity index (χ4n) is 2.26. The van der Waals surface area contributed by atoms with E-state index in [0.717, 1.165) is 32.1 Å². The maximum atomic E-state index is 6.39. The van der Waals surface area contributed by atoms with E-state index in [2.05, 4.69) is 30.9 Å². The molecule has 1 aliphatic carbocycles. The zero-order valence-corrected chi connectivity index (χ0v) is 11.1. The van der Waals surface area contributed by atoms with Gasteiger partial charge in [-0.2, -0.15) is 4.98 Å². The Hall–Kier alpha value is -0.900. The van der Waals surface area contributed by atoms with Crippen LogP contribution in [0.5, 0.6) is 0 Å². The second kappa shape index (κ2) is 4.41. The molecule has 17 heavy (non-hydrogen) atoms. The van der Waals surface area contributed by atoms with Crippen LogP contribution in [0.15, 0.2) is 4.52 Å². The smallest absolute Gasteiger partial charge is 0.232 e. The van der Waals surface area contributed by atoms with Crippen molar-refractivity contribution >= 4 is 0 Å². The average molecular weight is 237 g/mol. The van der Waals surface area contributed by atoms with Gasteiger partial charge in [0.15, 0.2) is 5.82 Å². The van der Waals surface area contributed by atoms with Crippen LogP contribution in [0.4, 0.5) is 0 Å². The van der Waals surface area contributed by atoms with E-state index < -0.39 is 0 Å². The molecule has 1 fully saturated rings. The molecule has 0 amide bonds. The van der Waals surface area contributed by atoms with Gasteiger partial charge in [-0.3, -0.25) is 0 Å². The van der Waals surface area contributed by atoms with Crippen LogP contribution in [-0.2, 0) is 11.0 Å². The van der Waals surface area contributed by atoms with Crippen molar-refractivity contribution in [3.05, 3.63) is 11.7 Å². The molecule has 0 aromatic carbocycles. The second-order valence-corrected chi connectivity index (χ2v) is 5.88. The van der Waals surface area contributed by atoms with Gasteiger partial charge in [0, 0.05) is 5.41 Å². The van der Waals surface area contributed by atoms with Crippen molar-refractivity contribution in [2.75, 3.05) is 0 Å². The lowest BCUT2D eigenvalue weighted by atomic mass is 9.82. The normalized spacial score (nSPS) is 20.5. The predicted molar refractivity (Wildman–Crippen MR) is 66.6 cm³/mol. The molecule has 1 aliphatic rings. The summed E-state index contributed by atoms with van der Waals surface area (Å²) in [5.74, 6) is 1.42. The first kappa shape index (κ1) is 12.6. The van der Waals surface area contributed by atoms with Crippen LogP contribution < -0.4 is 5.73 Å². The number of hydrogen-bond acceptors (Lipinski definition) is 4. The summed E-state index contributed by atoms with van der Waals surface area (Å²) in [6.45, 7) is 6.37. The lowest BCUT2D eigenvalue weighted by Gasteiger charge is -2.29. The van der Waals surface area contributed by atoms with Crippen LogP contribution in [0.2, 0.25) is 0 Å². The molecule has 0 bridgehead atoms. The number of nitrogens with zero attached hydrogens (tertiary/aromatic N) is 2. The second-order valence-electron chi connectivity index (χ2n) is 5.88. The SMILES string of the molecule is CCC(C)(C)c1nc(C2(N)CCCCC2)no1. The molecule has 1 aromatic rings. The van der Waals surface area contributed by atoms with Crippen molar-refractivity contribution in [2.24, 2.45) is 5.73 Å². The molecule has 4 nitrogen and oxygen atoms in total. The highest BCUT2D eigenvalue weighted by molar-refractivity contribution is 5.08. The van der Waals surface area contributed by atoms with Crippen LogP contribution >= 0.6 is 0 Å². The van der Waals surface area contributed by atoms with E-state index in [-0.39, 0.29) is 11.0 Å². The molecular weight excluding hydrogens is 214 g/mol. The monoisotopic (exact) mass is 237 g/mol. The van der Waals surface area contributed by atoms with E-state index in [1.165, 1.54) is 6.42 Å². The largest absolute Gasteiger partial charge is 0.339 e. The van der Waals surface area contributed by atoms with Gasteiger partial charge in [0.2, 0.25) is 5.89 Å². The highest BCUT2D eigenvalue weighted by Gasteiger charge is 2.36. The van der Waals surface area contributed by atoms with Gasteiger partial charge in [-0.1, -0.05) is 45.2 Å². The molecule has 0 saturated heterocycles. The summed E-state index contributed by atoms with van der Waals surface area (Å²) < 4.78 is 5.40. The molecule has 0 aliphatic heterocycles. The molecule has 0 radical (unpaired) electrons. The Morgan fingerprint density at radius 3 is 2.53 bits per heavy atom. The zero-order valence-electron chi connectivity index (χ0n) is 11.1. The Bertz CT molecular complexity index is 378. The molecule has 1 aromatic heterocycles. The van der Waals surface area contributed by atoms with Gasteiger partial charge in [0.25, 0.3) is 0 Å². The van der Waals surface area contributed by atoms with Gasteiger partial charge in [-0.05, 0) is 19.3 Å². The topological polar surface area (TPSA) is 64.9 Å². The summed E-state index contributed by atoms with van der Waals surface area (Å²) >= 11 is 0. The Morgan fingerprint density at radius 1 is 1.29 bits per heavy atom. The van der Waals surface area contributed by atoms with Crippen molar-refractivity contribution in [1.82, 2.24) is 10.1 Å². The van der Waals surface area contributed by atoms with Crippen molar-refractivity contribution in [1.29, 1.82) is 0 Å². The highest BCUT2D eigenvalue weighted by Crippen LogP contribution is 2.34. The zero-order chi connectivity index (χ0) is 12.5. The Kier molecular flexibility index (Phi) is 3.25. The van der Waals surface area contributed by atoms with Gasteiger partial charge in [-0.15, -0.1) is 0 Å². The van der Waals surface area contributed by atoms with Gasteiger partial charge in [0.05, 0.1) is 5.54 Å². The number of rotatable bonds is 3. The summed E-state index contributed by atoms with van der Waals surface area (Å²) in [6.07, 6.45) is 6.52. The van der Waals surface area contributed by atoms with Crippen LogP contribution in [0.1, 0.15) is 71.0 Å². The van der Waals surface area contributed by atoms with E-state index in [4.69, 9.17) is 10.3 Å². The van der Waals surface area contributed by atoms with Crippen molar-refractivity contribution in [2.45, 2.75) is 70.3 Å². The molecule has 0 atom stereocenters. The summed E-state index contributed by atoms with van der Waals surface area (Å²) in [5, 5.41) is 4.11. The predicted octanol–water partition coefficient (Wildman–Crippen LogP) is 2.88. The Morgan fingerprint density at radius 2 is 1.94 bits per heavy atom. The Labute approximate surface area is 103 Å². The summed E-state index contributed by atoms with van der Waals surface area (Å²) in [5.41, 5.74) is 5.98. The van der Waals surface area contributed by atoms with Crippen LogP contribution in [0.3, 0.4) is 0 Å². The summed E-state index contributed by atoms with van der Waals surface area (Å²) in [7, 11) is 0. The summed E-state index contributed by atoms with van der Waals surface area (Å²) in [6, 6.07) is 0. The molecule has 1 heterocycles. The maximum Gasteiger partial charge on any atom is 0.232 e. The molecule has 0 unspecified atom stereocenters. The molecular formula is C13H23N3O. The number of hydrogen-bond donors (Lipinski definition) is 1. The lowest BCUT2D eigenvalue weighted by molar-refractivity contribution is 0.265. The number of nitrogens with two attached hydrogens (primary N) is 1. The summed E-state index contributed by atoms with van der Waals surface area (Å²) in [4.78, 5) is 4.55. The van der Waals surface area contributed by atoms with Crippen molar-refractivity contribution in [3.8, 4) is 0 Å². The first-order valence-electron chi connectivity index (χ1n) is 6.61. The number of aromatic nitrogens is 2. The molecule has 2 rings (SSSR count). The highest BCUT2D eigenvalue weighted by atomic mass is 16.5. The van der Waals surface area contributed by atoms with Gasteiger partial charge < -0.3 is 10.3 Å². The van der Waals surface area contributed by atoms with Gasteiger partial charge >= 0.3 is 0 Å². The molecule has 96 valence electrons. The minimum absolute atomic E-state index is 0.0592. The quantitative estimate of drug-likeness (QED) is 0.878. The maximum absolute atomic E-state index is 6.39. The van der Waals surface area contributed by atoms with E-state index >= 15 is 0 Å². The van der Waals surface area contributed by atoms with Crippen molar-refractivity contribution in [3.63, 3.8) is 0 Å². The molecule has 4 heteroatoms. The van der Waals surface area contributed by atoms with Gasteiger partial charge in [-0.25, -0.2) is 0 Å². The standard InChI is InChI=1S/C13H23N3O/c1-4-12(2,3)11-15-10(16-17-11)13(14)8-6-5-7-9-13/h4-9,14H2,1-3H3. The first-order valence-corrected chi connectivity index (χ1v) is 6.61. The molecule has 1 saturated carbocycles. The first-order chi connectivity index (χ1) is 7.98. The average Bonchev–Trinajstić information content (AvgIpc) is 2.80. The third kappa shape index (κ3) is 2.37. The Balaban J connectivity index is 2.23. The van der Waals surface area contributed by atoms with Crippen molar-refractivity contribution < 1.29 is 4.52 Å². The minimum Gasteiger partial charge on any atom is -0.339 e. The molecule has 0 spiro atoms. The fraction of sp³-hybridized carbons (Fsp3) is 0.846. The van der Waals surface area contributed by atoms with E-state index in [0.29, 0.717) is 11.7 Å². The van der Waals surface area contributed by atoms with E-state index in [1.54, 1.807) is 0 Å². The lowest BCUT2D eigenvalue weighted by Crippen LogP contribution is -2.39. The third-order valence-corrected chi connectivity index (χ3v) is 4.08.